The van der Waals surface area contributed by atoms with E-state index in [1.165, 1.54) is 12.1 Å². The minimum Gasteiger partial charge on any atom is -0.381 e. The standard InChI is InChI=1S/C13H19F3N2O/c1-2-8-19-9-7-12(18-17)10-5-3-4-6-11(10)13(14,15)16/h3-6,12,18H,2,7-9,17H2,1H3. The van der Waals surface area contributed by atoms with Crippen molar-refractivity contribution in [1.82, 2.24) is 5.43 Å². The highest BCUT2D eigenvalue weighted by molar-refractivity contribution is 5.32. The first-order valence-electron chi connectivity index (χ1n) is 6.20. The molecule has 0 aliphatic heterocycles. The normalized spacial score (nSPS) is 13.5. The number of hydrogen-bond donors (Lipinski definition) is 2. The van der Waals surface area contributed by atoms with E-state index in [1.54, 1.807) is 6.07 Å². The molecule has 108 valence electrons. The smallest absolute Gasteiger partial charge is 0.381 e. The molecule has 19 heavy (non-hydrogen) atoms. The zero-order valence-electron chi connectivity index (χ0n) is 10.8. The van der Waals surface area contributed by atoms with Gasteiger partial charge in [0.2, 0.25) is 0 Å². The zero-order valence-corrected chi connectivity index (χ0v) is 10.8. The minimum absolute atomic E-state index is 0.151. The summed E-state index contributed by atoms with van der Waals surface area (Å²) in [5.41, 5.74) is 1.92. The first-order valence-corrected chi connectivity index (χ1v) is 6.20. The summed E-state index contributed by atoms with van der Waals surface area (Å²) in [5, 5.41) is 0. The molecule has 1 atom stereocenters. The fourth-order valence-corrected chi connectivity index (χ4v) is 1.84. The van der Waals surface area contributed by atoms with Crippen LogP contribution in [0.1, 0.15) is 36.9 Å². The summed E-state index contributed by atoms with van der Waals surface area (Å²) in [5.74, 6) is 5.36. The van der Waals surface area contributed by atoms with Crippen LogP contribution in [0, 0.1) is 0 Å². The summed E-state index contributed by atoms with van der Waals surface area (Å²) in [6.45, 7) is 2.94. The summed E-state index contributed by atoms with van der Waals surface area (Å²) >= 11 is 0. The van der Waals surface area contributed by atoms with E-state index < -0.39 is 17.8 Å². The topological polar surface area (TPSA) is 47.3 Å². The molecule has 0 aliphatic rings. The lowest BCUT2D eigenvalue weighted by Crippen LogP contribution is -2.30. The molecule has 0 radical (unpaired) electrons. The Hall–Kier alpha value is -1.11. The summed E-state index contributed by atoms with van der Waals surface area (Å²) in [7, 11) is 0. The highest BCUT2D eigenvalue weighted by atomic mass is 19.4. The van der Waals surface area contributed by atoms with E-state index in [0.717, 1.165) is 12.5 Å². The van der Waals surface area contributed by atoms with Crippen LogP contribution < -0.4 is 11.3 Å². The lowest BCUT2D eigenvalue weighted by Gasteiger charge is -2.21. The zero-order chi connectivity index (χ0) is 14.3. The van der Waals surface area contributed by atoms with Crippen LogP contribution in [0.3, 0.4) is 0 Å². The van der Waals surface area contributed by atoms with Crippen molar-refractivity contribution in [2.45, 2.75) is 32.0 Å². The molecule has 3 N–H and O–H groups in total. The van der Waals surface area contributed by atoms with Crippen LogP contribution in [0.4, 0.5) is 13.2 Å². The van der Waals surface area contributed by atoms with Crippen LogP contribution in [0.25, 0.3) is 0 Å². The van der Waals surface area contributed by atoms with Gasteiger partial charge < -0.3 is 4.74 Å². The molecule has 0 bridgehead atoms. The van der Waals surface area contributed by atoms with E-state index in [2.05, 4.69) is 5.43 Å². The first kappa shape index (κ1) is 15.9. The predicted molar refractivity (Wildman–Crippen MR) is 67.2 cm³/mol. The average molecular weight is 276 g/mol. The molecule has 3 nitrogen and oxygen atoms in total. The van der Waals surface area contributed by atoms with Gasteiger partial charge in [0.1, 0.15) is 0 Å². The number of benzene rings is 1. The Labute approximate surface area is 110 Å². The summed E-state index contributed by atoms with van der Waals surface area (Å²) in [4.78, 5) is 0. The lowest BCUT2D eigenvalue weighted by atomic mass is 9.98. The van der Waals surface area contributed by atoms with E-state index in [1.807, 2.05) is 6.92 Å². The van der Waals surface area contributed by atoms with Crippen LogP contribution in [-0.4, -0.2) is 13.2 Å². The van der Waals surface area contributed by atoms with Crippen LogP contribution in [0.15, 0.2) is 24.3 Å². The molecule has 1 aromatic carbocycles. The first-order chi connectivity index (χ1) is 9.00. The Bertz CT molecular complexity index is 382. The Morgan fingerprint density at radius 1 is 1.26 bits per heavy atom. The molecular weight excluding hydrogens is 257 g/mol. The number of ether oxygens (including phenoxy) is 1. The van der Waals surface area contributed by atoms with Gasteiger partial charge in [-0.3, -0.25) is 11.3 Å². The number of nitrogens with two attached hydrogens (primary N) is 1. The number of halogens is 3. The fourth-order valence-electron chi connectivity index (χ4n) is 1.84. The molecule has 0 fully saturated rings. The number of rotatable bonds is 7. The largest absolute Gasteiger partial charge is 0.416 e. The van der Waals surface area contributed by atoms with Crippen molar-refractivity contribution in [3.05, 3.63) is 35.4 Å². The van der Waals surface area contributed by atoms with Crippen LogP contribution in [-0.2, 0) is 10.9 Å². The Morgan fingerprint density at radius 3 is 2.53 bits per heavy atom. The monoisotopic (exact) mass is 276 g/mol. The highest BCUT2D eigenvalue weighted by Crippen LogP contribution is 2.35. The molecule has 0 spiro atoms. The van der Waals surface area contributed by atoms with Gasteiger partial charge in [-0.2, -0.15) is 13.2 Å². The van der Waals surface area contributed by atoms with Gasteiger partial charge in [-0.15, -0.1) is 0 Å². The van der Waals surface area contributed by atoms with E-state index in [9.17, 15) is 13.2 Å². The molecule has 0 saturated heterocycles. The van der Waals surface area contributed by atoms with Gasteiger partial charge in [-0.1, -0.05) is 25.1 Å². The Balaban J connectivity index is 2.80. The quantitative estimate of drug-likeness (QED) is 0.457. The van der Waals surface area contributed by atoms with Gasteiger partial charge in [-0.25, -0.2) is 0 Å². The molecule has 0 aliphatic carbocycles. The fraction of sp³-hybridized carbons (Fsp3) is 0.538. The van der Waals surface area contributed by atoms with E-state index in [0.29, 0.717) is 19.6 Å². The summed E-state index contributed by atoms with van der Waals surface area (Å²) in [6.07, 6.45) is -3.11. The van der Waals surface area contributed by atoms with Crippen molar-refractivity contribution in [2.75, 3.05) is 13.2 Å². The average Bonchev–Trinajstić information content (AvgIpc) is 2.38. The maximum absolute atomic E-state index is 12.9. The second-order valence-corrected chi connectivity index (χ2v) is 4.21. The minimum atomic E-state index is -4.38. The van der Waals surface area contributed by atoms with Crippen molar-refractivity contribution >= 4 is 0 Å². The molecular formula is C13H19F3N2O. The summed E-state index contributed by atoms with van der Waals surface area (Å²) in [6, 6.07) is 4.87. The second-order valence-electron chi connectivity index (χ2n) is 4.21. The molecule has 0 amide bonds. The van der Waals surface area contributed by atoms with Crippen molar-refractivity contribution < 1.29 is 17.9 Å². The van der Waals surface area contributed by atoms with Crippen LogP contribution >= 0.6 is 0 Å². The Morgan fingerprint density at radius 2 is 1.95 bits per heavy atom. The molecule has 1 rings (SSSR count). The third kappa shape index (κ3) is 4.81. The lowest BCUT2D eigenvalue weighted by molar-refractivity contribution is -0.138. The van der Waals surface area contributed by atoms with Gasteiger partial charge in [-0.05, 0) is 24.5 Å². The number of alkyl halides is 3. The van der Waals surface area contributed by atoms with Crippen molar-refractivity contribution in [2.24, 2.45) is 5.84 Å². The van der Waals surface area contributed by atoms with Gasteiger partial charge in [0, 0.05) is 19.3 Å². The highest BCUT2D eigenvalue weighted by Gasteiger charge is 2.34. The molecule has 1 aromatic rings. The van der Waals surface area contributed by atoms with Crippen LogP contribution in [0.5, 0.6) is 0 Å². The third-order valence-corrected chi connectivity index (χ3v) is 2.74. The SMILES string of the molecule is CCCOCCC(NN)c1ccccc1C(F)(F)F. The maximum atomic E-state index is 12.9. The van der Waals surface area contributed by atoms with Crippen LogP contribution in [0.2, 0.25) is 0 Å². The molecule has 0 saturated carbocycles. The number of hydrazine groups is 1. The van der Waals surface area contributed by atoms with Crippen molar-refractivity contribution in [1.29, 1.82) is 0 Å². The molecule has 0 aromatic heterocycles. The van der Waals surface area contributed by atoms with E-state index in [-0.39, 0.29) is 5.56 Å². The van der Waals surface area contributed by atoms with E-state index >= 15 is 0 Å². The second kappa shape index (κ2) is 7.47. The number of hydrogen-bond acceptors (Lipinski definition) is 3. The molecule has 0 heterocycles. The predicted octanol–water partition coefficient (Wildman–Crippen LogP) is 3.03. The third-order valence-electron chi connectivity index (χ3n) is 2.74. The maximum Gasteiger partial charge on any atom is 0.416 e. The van der Waals surface area contributed by atoms with Gasteiger partial charge in [0.15, 0.2) is 0 Å². The van der Waals surface area contributed by atoms with Gasteiger partial charge in [0.25, 0.3) is 0 Å². The molecule has 1 unspecified atom stereocenters. The van der Waals surface area contributed by atoms with E-state index in [4.69, 9.17) is 10.6 Å². The number of nitrogens with one attached hydrogen (secondary N) is 1. The van der Waals surface area contributed by atoms with Crippen molar-refractivity contribution in [3.63, 3.8) is 0 Å². The Kier molecular flexibility index (Phi) is 6.27. The van der Waals surface area contributed by atoms with Gasteiger partial charge >= 0.3 is 6.18 Å². The molecule has 6 heteroatoms. The summed E-state index contributed by atoms with van der Waals surface area (Å²) < 4.78 is 43.9. The van der Waals surface area contributed by atoms with Gasteiger partial charge in [0.05, 0.1) is 5.56 Å². The van der Waals surface area contributed by atoms with Crippen molar-refractivity contribution in [3.8, 4) is 0 Å².